The highest BCUT2D eigenvalue weighted by Crippen LogP contribution is 2.33. The summed E-state index contributed by atoms with van der Waals surface area (Å²) >= 11 is 15.3. The molecular formula is C12H15BrCl2N2O2S. The Morgan fingerprint density at radius 1 is 1.35 bits per heavy atom. The van der Waals surface area contributed by atoms with E-state index in [9.17, 15) is 8.42 Å². The minimum Gasteiger partial charge on any atom is -0.313 e. The lowest BCUT2D eigenvalue weighted by molar-refractivity contribution is 0.349. The fraction of sp³-hybridized carbons (Fsp3) is 0.500. The summed E-state index contributed by atoms with van der Waals surface area (Å²) in [6, 6.07) is 2.95. The van der Waals surface area contributed by atoms with Crippen molar-refractivity contribution in [1.29, 1.82) is 0 Å². The van der Waals surface area contributed by atoms with Gasteiger partial charge in [-0.2, -0.15) is 0 Å². The van der Waals surface area contributed by atoms with Crippen LogP contribution in [-0.2, 0) is 10.0 Å². The summed E-state index contributed by atoms with van der Waals surface area (Å²) in [5.41, 5.74) is 0. The molecule has 1 fully saturated rings. The number of hydrogen-bond acceptors (Lipinski definition) is 3. The SMILES string of the molecule is CC1NCCCC1NS(=O)(=O)c1c(Cl)cc(Br)cc1Cl. The first kappa shape index (κ1) is 16.5. The van der Waals surface area contributed by atoms with E-state index in [1.807, 2.05) is 6.92 Å². The minimum atomic E-state index is -3.75. The van der Waals surface area contributed by atoms with Gasteiger partial charge in [0.15, 0.2) is 0 Å². The van der Waals surface area contributed by atoms with Gasteiger partial charge in [-0.25, -0.2) is 13.1 Å². The van der Waals surface area contributed by atoms with Crippen LogP contribution in [0.5, 0.6) is 0 Å². The summed E-state index contributed by atoms with van der Waals surface area (Å²) < 4.78 is 28.3. The second-order valence-electron chi connectivity index (χ2n) is 4.81. The van der Waals surface area contributed by atoms with Gasteiger partial charge in [-0.3, -0.25) is 0 Å². The van der Waals surface area contributed by atoms with Crippen LogP contribution in [0.1, 0.15) is 19.8 Å². The minimum absolute atomic E-state index is 0.0678. The topological polar surface area (TPSA) is 58.2 Å². The van der Waals surface area contributed by atoms with Crippen molar-refractivity contribution >= 4 is 49.2 Å². The van der Waals surface area contributed by atoms with Crippen LogP contribution in [0.3, 0.4) is 0 Å². The van der Waals surface area contributed by atoms with Crippen molar-refractivity contribution < 1.29 is 8.42 Å². The molecule has 0 saturated carbocycles. The maximum atomic E-state index is 12.5. The van der Waals surface area contributed by atoms with E-state index in [-0.39, 0.29) is 27.0 Å². The van der Waals surface area contributed by atoms with Gasteiger partial charge in [0.1, 0.15) is 4.90 Å². The summed E-state index contributed by atoms with van der Waals surface area (Å²) in [6.07, 6.45) is 1.72. The Hall–Kier alpha value is 0.150. The van der Waals surface area contributed by atoms with E-state index in [4.69, 9.17) is 23.2 Å². The molecular weight excluding hydrogens is 387 g/mol. The Balaban J connectivity index is 2.31. The first-order valence-electron chi connectivity index (χ1n) is 6.21. The third-order valence-corrected chi connectivity index (χ3v) is 6.17. The molecule has 1 aromatic rings. The zero-order valence-electron chi connectivity index (χ0n) is 10.8. The number of piperidine rings is 1. The molecule has 1 aliphatic heterocycles. The number of halogens is 3. The van der Waals surface area contributed by atoms with E-state index >= 15 is 0 Å². The highest BCUT2D eigenvalue weighted by atomic mass is 79.9. The zero-order valence-corrected chi connectivity index (χ0v) is 14.7. The second kappa shape index (κ2) is 6.50. The van der Waals surface area contributed by atoms with Crippen molar-refractivity contribution in [2.24, 2.45) is 0 Å². The van der Waals surface area contributed by atoms with E-state index in [1.165, 1.54) is 12.1 Å². The molecule has 0 spiro atoms. The summed E-state index contributed by atoms with van der Waals surface area (Å²) in [7, 11) is -3.75. The number of nitrogens with one attached hydrogen (secondary N) is 2. The number of sulfonamides is 1. The summed E-state index contributed by atoms with van der Waals surface area (Å²) in [5.74, 6) is 0. The molecule has 1 saturated heterocycles. The smallest absolute Gasteiger partial charge is 0.243 e. The van der Waals surface area contributed by atoms with Gasteiger partial charge in [0.25, 0.3) is 0 Å². The highest BCUT2D eigenvalue weighted by molar-refractivity contribution is 9.10. The van der Waals surface area contributed by atoms with Gasteiger partial charge in [0.05, 0.1) is 10.0 Å². The molecule has 0 aliphatic carbocycles. The highest BCUT2D eigenvalue weighted by Gasteiger charge is 2.29. The average molecular weight is 402 g/mol. The van der Waals surface area contributed by atoms with Gasteiger partial charge in [-0.15, -0.1) is 0 Å². The summed E-state index contributed by atoms with van der Waals surface area (Å²) in [6.45, 7) is 2.86. The molecule has 4 nitrogen and oxygen atoms in total. The van der Waals surface area contributed by atoms with Crippen LogP contribution in [0.4, 0.5) is 0 Å². The fourth-order valence-corrected chi connectivity index (χ4v) is 5.54. The predicted octanol–water partition coefficient (Wildman–Crippen LogP) is 3.17. The maximum Gasteiger partial charge on any atom is 0.243 e. The molecule has 2 unspecified atom stereocenters. The summed E-state index contributed by atoms with van der Waals surface area (Å²) in [5, 5.41) is 3.45. The zero-order chi connectivity index (χ0) is 14.9. The van der Waals surface area contributed by atoms with E-state index < -0.39 is 10.0 Å². The Bertz CT molecular complexity index is 586. The molecule has 2 atom stereocenters. The van der Waals surface area contributed by atoms with Crippen molar-refractivity contribution in [2.45, 2.75) is 36.7 Å². The Morgan fingerprint density at radius 2 is 1.95 bits per heavy atom. The molecule has 8 heteroatoms. The van der Waals surface area contributed by atoms with Gasteiger partial charge in [0.2, 0.25) is 10.0 Å². The predicted molar refractivity (Wildman–Crippen MR) is 85.0 cm³/mol. The lowest BCUT2D eigenvalue weighted by Crippen LogP contribution is -2.51. The van der Waals surface area contributed by atoms with Crippen molar-refractivity contribution in [3.05, 3.63) is 26.7 Å². The second-order valence-corrected chi connectivity index (χ2v) is 8.19. The Kier molecular flexibility index (Phi) is 5.37. The fourth-order valence-electron chi connectivity index (χ4n) is 2.25. The molecule has 0 amide bonds. The maximum absolute atomic E-state index is 12.5. The first-order valence-corrected chi connectivity index (χ1v) is 9.25. The van der Waals surface area contributed by atoms with E-state index in [0.29, 0.717) is 4.47 Å². The molecule has 0 aromatic heterocycles. The van der Waals surface area contributed by atoms with Gasteiger partial charge in [-0.1, -0.05) is 39.1 Å². The standard InChI is InChI=1S/C12H15BrCl2N2O2S/c1-7-11(3-2-4-16-7)17-20(18,19)12-9(14)5-8(13)6-10(12)15/h5-7,11,16-17H,2-4H2,1H3. The van der Waals surface area contributed by atoms with Crippen LogP contribution in [0.15, 0.2) is 21.5 Å². The van der Waals surface area contributed by atoms with Crippen LogP contribution in [0.2, 0.25) is 10.0 Å². The lowest BCUT2D eigenvalue weighted by atomic mass is 10.0. The van der Waals surface area contributed by atoms with Crippen molar-refractivity contribution in [3.63, 3.8) is 0 Å². The van der Waals surface area contributed by atoms with E-state index in [0.717, 1.165) is 19.4 Å². The van der Waals surface area contributed by atoms with Crippen LogP contribution in [0.25, 0.3) is 0 Å². The van der Waals surface area contributed by atoms with Crippen LogP contribution < -0.4 is 10.0 Å². The lowest BCUT2D eigenvalue weighted by Gasteiger charge is -2.30. The number of rotatable bonds is 3. The van der Waals surface area contributed by atoms with Gasteiger partial charge in [0, 0.05) is 16.6 Å². The van der Waals surface area contributed by atoms with Gasteiger partial charge in [-0.05, 0) is 38.4 Å². The van der Waals surface area contributed by atoms with E-state index in [2.05, 4.69) is 26.0 Å². The van der Waals surface area contributed by atoms with Crippen molar-refractivity contribution in [3.8, 4) is 0 Å². The van der Waals surface area contributed by atoms with Crippen molar-refractivity contribution in [2.75, 3.05) is 6.54 Å². The molecule has 112 valence electrons. The van der Waals surface area contributed by atoms with Crippen LogP contribution >= 0.6 is 39.1 Å². The quantitative estimate of drug-likeness (QED) is 0.817. The van der Waals surface area contributed by atoms with Crippen LogP contribution in [0, 0.1) is 0 Å². The van der Waals surface area contributed by atoms with Gasteiger partial charge >= 0.3 is 0 Å². The molecule has 0 radical (unpaired) electrons. The third kappa shape index (κ3) is 3.67. The first-order chi connectivity index (χ1) is 9.31. The monoisotopic (exact) mass is 400 g/mol. The molecule has 1 heterocycles. The average Bonchev–Trinajstić information content (AvgIpc) is 2.30. The van der Waals surface area contributed by atoms with Crippen molar-refractivity contribution in [1.82, 2.24) is 10.0 Å². The van der Waals surface area contributed by atoms with Crippen LogP contribution in [-0.4, -0.2) is 27.0 Å². The molecule has 2 N–H and O–H groups in total. The number of hydrogen-bond donors (Lipinski definition) is 2. The normalized spacial score (nSPS) is 23.8. The largest absolute Gasteiger partial charge is 0.313 e. The molecule has 1 aromatic carbocycles. The third-order valence-electron chi connectivity index (χ3n) is 3.30. The Labute approximate surface area is 137 Å². The molecule has 0 bridgehead atoms. The Morgan fingerprint density at radius 3 is 2.50 bits per heavy atom. The molecule has 2 rings (SSSR count). The molecule has 1 aliphatic rings. The van der Waals surface area contributed by atoms with E-state index in [1.54, 1.807) is 0 Å². The molecule has 20 heavy (non-hydrogen) atoms. The number of benzene rings is 1. The summed E-state index contributed by atoms with van der Waals surface area (Å²) in [4.78, 5) is -0.0678. The van der Waals surface area contributed by atoms with Gasteiger partial charge < -0.3 is 5.32 Å².